The molecule has 0 saturated carbocycles. The van der Waals surface area contributed by atoms with E-state index in [9.17, 15) is 0 Å². The van der Waals surface area contributed by atoms with E-state index in [2.05, 4.69) is 120 Å². The minimum Gasteiger partial charge on any atom is -0.256 e. The Morgan fingerprint density at radius 3 is 0.740 bits per heavy atom. The molecule has 6 heterocycles. The zero-order chi connectivity index (χ0) is 69.4. The predicted molar refractivity (Wildman–Crippen MR) is 418 cm³/mol. The summed E-state index contributed by atoms with van der Waals surface area (Å²) in [6.45, 7) is 0. The van der Waals surface area contributed by atoms with Gasteiger partial charge in [0.2, 0.25) is 0 Å². The fourth-order valence-electron chi connectivity index (χ4n) is 12.6. The molecule has 0 fully saturated rings. The average Bonchev–Trinajstić information content (AvgIpc) is 0.800. The van der Waals surface area contributed by atoms with Gasteiger partial charge in [0.15, 0.2) is 46.6 Å². The van der Waals surface area contributed by atoms with E-state index in [-0.39, 0.29) is 0 Å². The molecule has 0 spiro atoms. The fourth-order valence-corrected chi connectivity index (χ4v) is 12.6. The molecular weight excluding hydrogens is 1270 g/mol. The summed E-state index contributed by atoms with van der Waals surface area (Å²) in [5.41, 5.74) is 20.9. The largest absolute Gasteiger partial charge is 0.256 e. The average molecular weight is 1330 g/mol. The van der Waals surface area contributed by atoms with Gasteiger partial charge in [-0.3, -0.25) is 9.97 Å². The lowest BCUT2D eigenvalue weighted by molar-refractivity contribution is 1.07. The van der Waals surface area contributed by atoms with Crippen LogP contribution < -0.4 is 0 Å². The minimum atomic E-state index is 0.575. The summed E-state index contributed by atoms with van der Waals surface area (Å²) < 4.78 is 0. The highest BCUT2D eigenvalue weighted by Crippen LogP contribution is 2.36. The molecule has 12 aromatic carbocycles. The maximum atomic E-state index is 5.03. The first-order chi connectivity index (χ1) is 51.5. The maximum absolute atomic E-state index is 5.03. The molecule has 6 aromatic heterocycles. The van der Waals surface area contributed by atoms with Crippen LogP contribution in [0.15, 0.2) is 364 Å². The van der Waals surface area contributed by atoms with Gasteiger partial charge in [-0.1, -0.05) is 303 Å². The molecule has 0 saturated heterocycles. The first-order valence-electron chi connectivity index (χ1n) is 34.2. The zero-order valence-corrected chi connectivity index (χ0v) is 56.0. The Hall–Kier alpha value is -14.4. The fraction of sp³-hybridized carbons (Fsp3) is 0. The third-order valence-electron chi connectivity index (χ3n) is 18.0. The van der Waals surface area contributed by atoms with Crippen LogP contribution >= 0.6 is 0 Å². The molecule has 12 heteroatoms. The highest BCUT2D eigenvalue weighted by atomic mass is 15.0. The molecule has 488 valence electrons. The van der Waals surface area contributed by atoms with E-state index in [1.165, 1.54) is 0 Å². The van der Waals surface area contributed by atoms with E-state index < -0.39 is 0 Å². The van der Waals surface area contributed by atoms with E-state index in [1.807, 2.05) is 249 Å². The van der Waals surface area contributed by atoms with Gasteiger partial charge in [0.05, 0.1) is 33.8 Å². The molecule has 0 unspecified atom stereocenters. The lowest BCUT2D eigenvalue weighted by Crippen LogP contribution is -2.00. The molecule has 18 rings (SSSR count). The van der Waals surface area contributed by atoms with Crippen LogP contribution in [0.3, 0.4) is 0 Å². The standard InChI is InChI=1S/2C46H30N6/c1-4-13-33(14-5-1)43-48-41(29-42(49-43)39-28-37-19-10-11-22-40(37)47-30-39)32-25-23-31(24-26-32)36-20-12-21-38(27-36)46-51-44(34-15-6-2-7-16-34)50-45(52-46)35-17-8-3-9-18-35;1-4-13-32(14-5-1)41-29-42(49-43(48-41)34-15-6-2-7-16-34)33-25-23-31(24-26-33)36-20-12-21-38(27-36)45-50-44(35-17-8-3-9-18-35)51-46(52-45)39-28-37-19-10-11-22-40(37)47-30-39/h2*1-30H. The SMILES string of the molecule is c1ccc(-c2cc(-c3ccc(-c4cccc(-c5nc(-c6ccccc6)nc(-c6cnc7ccccc7c6)n5)c4)cc3)nc(-c3ccccc3)n2)cc1.c1ccc(-c2nc(-c3ccc(-c4cccc(-c5nc(-c6ccccc6)nc(-c6ccccc6)n5)c4)cc3)cc(-c3cnc4ccccc4c3)n2)cc1. The van der Waals surface area contributed by atoms with Crippen molar-refractivity contribution < 1.29 is 0 Å². The Morgan fingerprint density at radius 2 is 0.375 bits per heavy atom. The summed E-state index contributed by atoms with van der Waals surface area (Å²) >= 11 is 0. The van der Waals surface area contributed by atoms with Gasteiger partial charge in [0.1, 0.15) is 0 Å². The molecule has 0 aliphatic heterocycles. The van der Waals surface area contributed by atoms with Crippen molar-refractivity contribution in [3.8, 4) is 158 Å². The second-order valence-corrected chi connectivity index (χ2v) is 24.9. The number of pyridine rings is 2. The van der Waals surface area contributed by atoms with Crippen LogP contribution in [-0.2, 0) is 0 Å². The highest BCUT2D eigenvalue weighted by Gasteiger charge is 2.19. The normalized spacial score (nSPS) is 11.1. The molecule has 0 aliphatic carbocycles. The first-order valence-corrected chi connectivity index (χ1v) is 34.2. The van der Waals surface area contributed by atoms with Gasteiger partial charge in [-0.25, -0.2) is 49.8 Å². The van der Waals surface area contributed by atoms with Crippen LogP contribution in [0.2, 0.25) is 0 Å². The molecule has 0 amide bonds. The number of rotatable bonds is 14. The Labute approximate surface area is 600 Å². The highest BCUT2D eigenvalue weighted by molar-refractivity contribution is 5.86. The number of nitrogens with zero attached hydrogens (tertiary/aromatic N) is 12. The van der Waals surface area contributed by atoms with Crippen LogP contribution in [0.5, 0.6) is 0 Å². The van der Waals surface area contributed by atoms with Crippen molar-refractivity contribution in [2.75, 3.05) is 0 Å². The Morgan fingerprint density at radius 1 is 0.135 bits per heavy atom. The lowest BCUT2D eigenvalue weighted by atomic mass is 10.00. The van der Waals surface area contributed by atoms with E-state index >= 15 is 0 Å². The van der Waals surface area contributed by atoms with Crippen molar-refractivity contribution >= 4 is 21.8 Å². The Balaban J connectivity index is 0.000000154. The van der Waals surface area contributed by atoms with Gasteiger partial charge < -0.3 is 0 Å². The van der Waals surface area contributed by atoms with Crippen LogP contribution in [0, 0.1) is 0 Å². The predicted octanol–water partition coefficient (Wildman–Crippen LogP) is 21.8. The monoisotopic (exact) mass is 1330 g/mol. The molecule has 0 radical (unpaired) electrons. The van der Waals surface area contributed by atoms with Crippen molar-refractivity contribution in [1.29, 1.82) is 0 Å². The summed E-state index contributed by atoms with van der Waals surface area (Å²) in [6, 6.07) is 119. The topological polar surface area (TPSA) is 155 Å². The quantitative estimate of drug-likeness (QED) is 0.102. The molecule has 12 nitrogen and oxygen atoms in total. The maximum Gasteiger partial charge on any atom is 0.165 e. The first kappa shape index (κ1) is 63.1. The van der Waals surface area contributed by atoms with Crippen molar-refractivity contribution in [2.45, 2.75) is 0 Å². The summed E-state index contributed by atoms with van der Waals surface area (Å²) in [6.07, 6.45) is 3.72. The van der Waals surface area contributed by atoms with Crippen molar-refractivity contribution in [1.82, 2.24) is 59.8 Å². The van der Waals surface area contributed by atoms with E-state index in [0.717, 1.165) is 134 Å². The number of aromatic nitrogens is 12. The molecule has 0 bridgehead atoms. The summed E-state index contributed by atoms with van der Waals surface area (Å²) in [7, 11) is 0. The van der Waals surface area contributed by atoms with Crippen LogP contribution in [0.25, 0.3) is 180 Å². The summed E-state index contributed by atoms with van der Waals surface area (Å²) in [5.74, 6) is 5.04. The van der Waals surface area contributed by atoms with Crippen LogP contribution in [0.4, 0.5) is 0 Å². The van der Waals surface area contributed by atoms with Crippen LogP contribution in [-0.4, -0.2) is 59.8 Å². The Kier molecular flexibility index (Phi) is 17.5. The van der Waals surface area contributed by atoms with Gasteiger partial charge >= 0.3 is 0 Å². The van der Waals surface area contributed by atoms with E-state index in [1.54, 1.807) is 0 Å². The zero-order valence-electron chi connectivity index (χ0n) is 56.0. The van der Waals surface area contributed by atoms with Gasteiger partial charge in [0, 0.05) is 89.9 Å². The molecular formula is C92H60N12. The van der Waals surface area contributed by atoms with Crippen molar-refractivity contribution in [2.24, 2.45) is 0 Å². The molecule has 104 heavy (non-hydrogen) atoms. The van der Waals surface area contributed by atoms with E-state index in [4.69, 9.17) is 54.8 Å². The summed E-state index contributed by atoms with van der Waals surface area (Å²) in [4.78, 5) is 58.9. The lowest BCUT2D eigenvalue weighted by Gasteiger charge is -2.11. The second kappa shape index (κ2) is 28.8. The second-order valence-electron chi connectivity index (χ2n) is 24.9. The minimum absolute atomic E-state index is 0.575. The number of hydrogen-bond acceptors (Lipinski definition) is 12. The number of para-hydroxylation sites is 2. The van der Waals surface area contributed by atoms with Crippen molar-refractivity contribution in [3.05, 3.63) is 364 Å². The smallest absolute Gasteiger partial charge is 0.165 e. The third kappa shape index (κ3) is 13.9. The van der Waals surface area contributed by atoms with Gasteiger partial charge in [-0.15, -0.1) is 0 Å². The molecule has 0 atom stereocenters. The number of hydrogen-bond donors (Lipinski definition) is 0. The molecule has 18 aromatic rings. The van der Waals surface area contributed by atoms with E-state index in [0.29, 0.717) is 46.6 Å². The third-order valence-corrected chi connectivity index (χ3v) is 18.0. The van der Waals surface area contributed by atoms with Crippen LogP contribution in [0.1, 0.15) is 0 Å². The summed E-state index contributed by atoms with van der Waals surface area (Å²) in [5, 5.41) is 2.10. The molecule has 0 aliphatic rings. The number of benzene rings is 12. The van der Waals surface area contributed by atoms with Crippen molar-refractivity contribution in [3.63, 3.8) is 0 Å². The number of fused-ring (bicyclic) bond motifs is 2. The molecule has 0 N–H and O–H groups in total. The Bertz CT molecular complexity index is 5960. The van der Waals surface area contributed by atoms with Gasteiger partial charge in [-0.05, 0) is 70.8 Å². The van der Waals surface area contributed by atoms with Gasteiger partial charge in [-0.2, -0.15) is 0 Å². The van der Waals surface area contributed by atoms with Gasteiger partial charge in [0.25, 0.3) is 0 Å².